The first-order valence-electron chi connectivity index (χ1n) is 15.0. The van der Waals surface area contributed by atoms with Crippen molar-refractivity contribution in [1.82, 2.24) is 0 Å². The number of benzene rings is 1. The van der Waals surface area contributed by atoms with Crippen molar-refractivity contribution < 1.29 is 51.6 Å². The van der Waals surface area contributed by atoms with Crippen LogP contribution in [0.5, 0.6) is 0 Å². The summed E-state index contributed by atoms with van der Waals surface area (Å²) in [4.78, 5) is -1.13. The second-order valence-corrected chi connectivity index (χ2v) is 17.9. The average Bonchev–Trinajstić information content (AvgIpc) is 2.96. The highest BCUT2D eigenvalue weighted by molar-refractivity contribution is 8.12. The minimum Gasteiger partial charge on any atom is -0.431 e. The van der Waals surface area contributed by atoms with E-state index < -0.39 is 63.0 Å². The van der Waals surface area contributed by atoms with Gasteiger partial charge in [0.15, 0.2) is 10.0 Å². The lowest BCUT2D eigenvalue weighted by molar-refractivity contribution is -0.243. The summed E-state index contributed by atoms with van der Waals surface area (Å²) in [6.45, 7) is 0. The fourth-order valence-electron chi connectivity index (χ4n) is 6.97. The van der Waals surface area contributed by atoms with Gasteiger partial charge in [-0.2, -0.15) is 26.3 Å². The molecule has 3 aliphatic rings. The number of sulfone groups is 1. The van der Waals surface area contributed by atoms with E-state index in [9.17, 15) is 34.0 Å². The van der Waals surface area contributed by atoms with Crippen molar-refractivity contribution in [2.75, 3.05) is 6.26 Å². The van der Waals surface area contributed by atoms with E-state index in [2.05, 4.69) is 0 Å². The first-order valence-corrected chi connectivity index (χ1v) is 19.8. The molecule has 0 aliphatic heterocycles. The maximum absolute atomic E-state index is 15.8. The third-order valence-corrected chi connectivity index (χ3v) is 13.9. The van der Waals surface area contributed by atoms with Gasteiger partial charge >= 0.3 is 16.4 Å². The number of nitrogens with zero attached hydrogens (tertiary/aromatic N) is 1. The quantitative estimate of drug-likeness (QED) is 0.229. The van der Waals surface area contributed by atoms with Crippen LogP contribution in [0.4, 0.5) is 26.3 Å². The zero-order valence-electron chi connectivity index (χ0n) is 24.4. The molecule has 0 spiro atoms. The van der Waals surface area contributed by atoms with Gasteiger partial charge in [-0.25, -0.2) is 25.3 Å². The fraction of sp³-hybridized carbons (Fsp3) is 0.786. The molecule has 1 aromatic rings. The molecule has 0 radical (unpaired) electrons. The highest BCUT2D eigenvalue weighted by atomic mass is 32.3. The van der Waals surface area contributed by atoms with E-state index in [-0.39, 0.29) is 23.3 Å². The van der Waals surface area contributed by atoms with Crippen LogP contribution < -0.4 is 0 Å². The standard InChI is InChI=1S/C28H38F6NO6S3/c1-42(36,37)35-44(40,41)28(33,34)26(29,30)27(31,32)43(38,39)25-23(20-13-7-3-8-14-20)17-22(19-11-5-2-6-12-19)18-24(25)21-15-9-4-10-16-21/h17-21H,2-16H2,1H3/q-1. The lowest BCUT2D eigenvalue weighted by Gasteiger charge is -2.37. The van der Waals surface area contributed by atoms with Crippen LogP contribution in [0.25, 0.3) is 4.13 Å². The molecule has 7 nitrogen and oxygen atoms in total. The number of halogens is 6. The van der Waals surface area contributed by atoms with Gasteiger partial charge in [-0.15, -0.1) is 0 Å². The van der Waals surface area contributed by atoms with Gasteiger partial charge in [0, 0.05) is 6.26 Å². The lowest BCUT2D eigenvalue weighted by atomic mass is 9.76. The SMILES string of the molecule is CS(=O)(=O)[N-]S(=O)(=O)C(F)(F)C(F)(F)C(F)(F)S(=O)(=O)c1c(C2CCCCC2)cc(C2CCCCC2)cc1C1CCCCC1. The maximum atomic E-state index is 15.8. The van der Waals surface area contributed by atoms with E-state index in [0.29, 0.717) is 56.9 Å². The Kier molecular flexibility index (Phi) is 10.2. The van der Waals surface area contributed by atoms with Crippen LogP contribution in [0, 0.1) is 0 Å². The Morgan fingerprint density at radius 2 is 0.955 bits per heavy atom. The third kappa shape index (κ3) is 6.55. The molecular formula is C28H38F6NO6S3-. The Bertz CT molecular complexity index is 1490. The predicted molar refractivity (Wildman–Crippen MR) is 153 cm³/mol. The molecule has 252 valence electrons. The normalized spacial score (nSPS) is 21.4. The average molecular weight is 695 g/mol. The van der Waals surface area contributed by atoms with Crippen molar-refractivity contribution in [3.8, 4) is 0 Å². The summed E-state index contributed by atoms with van der Waals surface area (Å²) in [7, 11) is -19.2. The summed E-state index contributed by atoms with van der Waals surface area (Å²) >= 11 is 0. The summed E-state index contributed by atoms with van der Waals surface area (Å²) in [5, 5.41) is -13.6. The fourth-order valence-corrected chi connectivity index (χ4v) is 11.1. The predicted octanol–water partition coefficient (Wildman–Crippen LogP) is 8.09. The zero-order chi connectivity index (χ0) is 32.8. The number of hydrogen-bond donors (Lipinski definition) is 0. The van der Waals surface area contributed by atoms with Gasteiger partial charge in [-0.3, -0.25) is 0 Å². The molecule has 0 heterocycles. The van der Waals surface area contributed by atoms with Crippen LogP contribution in [0.2, 0.25) is 0 Å². The molecule has 0 amide bonds. The first-order chi connectivity index (χ1) is 20.2. The van der Waals surface area contributed by atoms with E-state index in [4.69, 9.17) is 0 Å². The minimum atomic E-state index is -7.17. The highest BCUT2D eigenvalue weighted by Crippen LogP contribution is 2.56. The first kappa shape index (κ1) is 35.5. The van der Waals surface area contributed by atoms with Crippen molar-refractivity contribution in [3.05, 3.63) is 33.0 Å². The van der Waals surface area contributed by atoms with E-state index in [0.717, 1.165) is 44.9 Å². The van der Waals surface area contributed by atoms with Gasteiger partial charge < -0.3 is 4.13 Å². The molecular weight excluding hydrogens is 656 g/mol. The molecule has 0 atom stereocenters. The topological polar surface area (TPSA) is 117 Å². The van der Waals surface area contributed by atoms with Crippen molar-refractivity contribution >= 4 is 29.9 Å². The molecule has 0 unspecified atom stereocenters. The number of rotatable bonds is 10. The van der Waals surface area contributed by atoms with Crippen LogP contribution in [0.15, 0.2) is 17.0 Å². The van der Waals surface area contributed by atoms with Crippen molar-refractivity contribution in [2.45, 2.75) is 135 Å². The molecule has 3 aliphatic carbocycles. The summed E-state index contributed by atoms with van der Waals surface area (Å²) < 4.78 is 168. The highest BCUT2D eigenvalue weighted by Gasteiger charge is 2.80. The minimum absolute atomic E-state index is 0.0146. The monoisotopic (exact) mass is 694 g/mol. The zero-order valence-corrected chi connectivity index (χ0v) is 26.8. The van der Waals surface area contributed by atoms with E-state index in [1.165, 1.54) is 12.1 Å². The molecule has 0 saturated heterocycles. The van der Waals surface area contributed by atoms with Gasteiger partial charge in [-0.05, 0) is 73.0 Å². The molecule has 4 rings (SSSR count). The van der Waals surface area contributed by atoms with Crippen molar-refractivity contribution in [2.24, 2.45) is 0 Å². The Balaban J connectivity index is 1.97. The molecule has 1 aromatic carbocycles. The molecule has 0 bridgehead atoms. The van der Waals surface area contributed by atoms with Crippen molar-refractivity contribution in [3.63, 3.8) is 0 Å². The molecule has 0 N–H and O–H groups in total. The molecule has 44 heavy (non-hydrogen) atoms. The second-order valence-electron chi connectivity index (χ2n) is 12.4. The Morgan fingerprint density at radius 3 is 1.32 bits per heavy atom. The Labute approximate surface area is 255 Å². The van der Waals surface area contributed by atoms with Gasteiger partial charge in [0.05, 0.1) is 14.9 Å². The molecule has 3 fully saturated rings. The summed E-state index contributed by atoms with van der Waals surface area (Å²) in [5.74, 6) is -8.34. The second kappa shape index (κ2) is 12.7. The van der Waals surface area contributed by atoms with Crippen molar-refractivity contribution in [1.29, 1.82) is 0 Å². The number of hydrogen-bond acceptors (Lipinski definition) is 6. The Morgan fingerprint density at radius 1 is 0.591 bits per heavy atom. The van der Waals surface area contributed by atoms with Gasteiger partial charge in [0.1, 0.15) is 0 Å². The number of alkyl halides is 6. The van der Waals surface area contributed by atoms with Crippen LogP contribution >= 0.6 is 0 Å². The lowest BCUT2D eigenvalue weighted by Crippen LogP contribution is -2.60. The summed E-state index contributed by atoms with van der Waals surface area (Å²) in [6.07, 6.45) is 9.86. The van der Waals surface area contributed by atoms with Crippen LogP contribution in [-0.2, 0) is 29.9 Å². The van der Waals surface area contributed by atoms with Crippen LogP contribution in [0.1, 0.15) is 131 Å². The van der Waals surface area contributed by atoms with Gasteiger partial charge in [0.25, 0.3) is 9.84 Å². The van der Waals surface area contributed by atoms with Crippen LogP contribution in [0.3, 0.4) is 0 Å². The van der Waals surface area contributed by atoms with E-state index >= 15 is 17.6 Å². The Hall–Kier alpha value is -1.39. The maximum Gasteiger partial charge on any atom is 0.418 e. The van der Waals surface area contributed by atoms with Gasteiger partial charge in [0.2, 0.25) is 0 Å². The summed E-state index contributed by atoms with van der Waals surface area (Å²) in [5.41, 5.74) is 0.478. The smallest absolute Gasteiger partial charge is 0.418 e. The summed E-state index contributed by atoms with van der Waals surface area (Å²) in [6, 6.07) is 2.93. The number of sulfonamides is 2. The molecule has 0 aromatic heterocycles. The largest absolute Gasteiger partial charge is 0.431 e. The third-order valence-electron chi connectivity index (χ3n) is 9.23. The van der Waals surface area contributed by atoms with E-state index in [1.807, 2.05) is 0 Å². The van der Waals surface area contributed by atoms with Gasteiger partial charge in [-0.1, -0.05) is 69.9 Å². The molecule has 16 heteroatoms. The van der Waals surface area contributed by atoms with E-state index in [1.54, 1.807) is 4.13 Å². The van der Waals surface area contributed by atoms with Crippen LogP contribution in [-0.4, -0.2) is 47.9 Å². The molecule has 3 saturated carbocycles.